The highest BCUT2D eigenvalue weighted by atomic mass is 19.1. The summed E-state index contributed by atoms with van der Waals surface area (Å²) in [5.74, 6) is -0.276. The van der Waals surface area contributed by atoms with Gasteiger partial charge in [0.1, 0.15) is 11.7 Å². The maximum absolute atomic E-state index is 13.8. The molecule has 0 spiro atoms. The Kier molecular flexibility index (Phi) is 4.14. The zero-order valence-electron chi connectivity index (χ0n) is 17.7. The summed E-state index contributed by atoms with van der Waals surface area (Å²) in [6.45, 7) is 3.57. The largest absolute Gasteiger partial charge is 0.322 e. The third-order valence-corrected chi connectivity index (χ3v) is 8.24. The van der Waals surface area contributed by atoms with Gasteiger partial charge in [0, 0.05) is 25.1 Å². The van der Waals surface area contributed by atoms with Gasteiger partial charge in [0.25, 0.3) is 5.91 Å². The zero-order valence-corrected chi connectivity index (χ0v) is 17.7. The van der Waals surface area contributed by atoms with Gasteiger partial charge in [-0.1, -0.05) is 12.1 Å². The van der Waals surface area contributed by atoms with Gasteiger partial charge in [0.2, 0.25) is 11.8 Å². The van der Waals surface area contributed by atoms with Gasteiger partial charge in [0.05, 0.1) is 0 Å². The van der Waals surface area contributed by atoms with Crippen LogP contribution in [0.2, 0.25) is 0 Å². The molecule has 6 aliphatic rings. The Labute approximate surface area is 181 Å². The van der Waals surface area contributed by atoms with Gasteiger partial charge in [-0.3, -0.25) is 19.7 Å². The van der Waals surface area contributed by atoms with Crippen molar-refractivity contribution in [2.75, 3.05) is 19.6 Å². The molecule has 3 heterocycles. The van der Waals surface area contributed by atoms with E-state index in [2.05, 4.69) is 22.3 Å². The third kappa shape index (κ3) is 3.12. The fraction of sp³-hybridized carbons (Fsp3) is 0.625. The van der Waals surface area contributed by atoms with E-state index in [-0.39, 0.29) is 29.6 Å². The van der Waals surface area contributed by atoms with Crippen LogP contribution in [-0.2, 0) is 16.1 Å². The van der Waals surface area contributed by atoms with Crippen LogP contribution in [0, 0.1) is 5.41 Å². The molecule has 31 heavy (non-hydrogen) atoms. The molecule has 1 N–H and O–H groups in total. The van der Waals surface area contributed by atoms with E-state index < -0.39 is 11.7 Å². The number of carbonyl (C=O) groups excluding carboxylic acids is 3. The lowest BCUT2D eigenvalue weighted by Gasteiger charge is -2.67. The molecule has 2 saturated heterocycles. The van der Waals surface area contributed by atoms with Crippen LogP contribution in [0.1, 0.15) is 72.3 Å². The molecule has 0 radical (unpaired) electrons. The standard InChI is InChI=1S/C24H28FN3O3/c25-24-11-23(12-24,13-24)14-27-7-5-15(6-8-27)16-1-2-18-17(9-16)10-28(22(18)31)19-3-4-20(29)26-21(19)30/h1-2,9,15,19H,3-8,10-14H2,(H,26,29,30). The maximum atomic E-state index is 13.8. The number of carbonyl (C=O) groups is 3. The average molecular weight is 426 g/mol. The lowest BCUT2D eigenvalue weighted by atomic mass is 9.42. The number of hydrogen-bond donors (Lipinski definition) is 1. The molecule has 164 valence electrons. The van der Waals surface area contributed by atoms with E-state index in [1.165, 1.54) is 5.56 Å². The Balaban J connectivity index is 1.10. The van der Waals surface area contributed by atoms with Crippen LogP contribution in [0.5, 0.6) is 0 Å². The van der Waals surface area contributed by atoms with Crippen molar-refractivity contribution in [3.63, 3.8) is 0 Å². The van der Waals surface area contributed by atoms with Gasteiger partial charge in [-0.05, 0) is 80.1 Å². The first-order chi connectivity index (χ1) is 14.8. The van der Waals surface area contributed by atoms with Crippen LogP contribution >= 0.6 is 0 Å². The van der Waals surface area contributed by atoms with Gasteiger partial charge in [-0.25, -0.2) is 4.39 Å². The molecular formula is C24H28FN3O3. The molecule has 3 aliphatic carbocycles. The van der Waals surface area contributed by atoms with Crippen LogP contribution in [0.4, 0.5) is 4.39 Å². The molecule has 1 aromatic carbocycles. The fourth-order valence-electron chi connectivity index (χ4n) is 6.78. The van der Waals surface area contributed by atoms with Crippen LogP contribution in [0.15, 0.2) is 18.2 Å². The first kappa shape index (κ1) is 19.4. The smallest absolute Gasteiger partial charge is 0.255 e. The second-order valence-corrected chi connectivity index (χ2v) is 10.5. The van der Waals surface area contributed by atoms with Gasteiger partial charge < -0.3 is 9.80 Å². The number of rotatable bonds is 4. The van der Waals surface area contributed by atoms with Crippen molar-refractivity contribution in [2.45, 2.75) is 69.1 Å². The number of hydrogen-bond acceptors (Lipinski definition) is 4. The number of benzene rings is 1. The summed E-state index contributed by atoms with van der Waals surface area (Å²) >= 11 is 0. The minimum absolute atomic E-state index is 0.116. The highest BCUT2D eigenvalue weighted by molar-refractivity contribution is 6.05. The second-order valence-electron chi connectivity index (χ2n) is 10.5. The van der Waals surface area contributed by atoms with Gasteiger partial charge in [-0.15, -0.1) is 0 Å². The van der Waals surface area contributed by atoms with Gasteiger partial charge in [-0.2, -0.15) is 0 Å². The molecule has 5 fully saturated rings. The lowest BCUT2D eigenvalue weighted by Crippen LogP contribution is -2.68. The molecular weight excluding hydrogens is 397 g/mol. The maximum Gasteiger partial charge on any atom is 0.255 e. The topological polar surface area (TPSA) is 69.7 Å². The summed E-state index contributed by atoms with van der Waals surface area (Å²) in [7, 11) is 0. The number of nitrogens with one attached hydrogen (secondary N) is 1. The van der Waals surface area contributed by atoms with E-state index in [0.717, 1.165) is 57.3 Å². The minimum atomic E-state index is -0.818. The summed E-state index contributed by atoms with van der Waals surface area (Å²) in [5.41, 5.74) is 2.38. The number of fused-ring (bicyclic) bond motifs is 1. The Bertz CT molecular complexity index is 965. The Morgan fingerprint density at radius 2 is 1.81 bits per heavy atom. The monoisotopic (exact) mass is 425 g/mol. The summed E-state index contributed by atoms with van der Waals surface area (Å²) in [5, 5.41) is 2.35. The van der Waals surface area contributed by atoms with Crippen molar-refractivity contribution < 1.29 is 18.8 Å². The Morgan fingerprint density at radius 1 is 1.06 bits per heavy atom. The van der Waals surface area contributed by atoms with E-state index in [1.54, 1.807) is 4.90 Å². The number of halogens is 1. The van der Waals surface area contributed by atoms with E-state index in [1.807, 2.05) is 6.07 Å². The molecule has 3 saturated carbocycles. The molecule has 3 amide bonds. The van der Waals surface area contributed by atoms with Crippen molar-refractivity contribution >= 4 is 17.7 Å². The number of piperidine rings is 2. The van der Waals surface area contributed by atoms with E-state index in [9.17, 15) is 18.8 Å². The van der Waals surface area contributed by atoms with Crippen molar-refractivity contribution in [2.24, 2.45) is 5.41 Å². The number of alkyl halides is 1. The third-order valence-electron chi connectivity index (χ3n) is 8.24. The van der Waals surface area contributed by atoms with Crippen molar-refractivity contribution in [3.8, 4) is 0 Å². The molecule has 1 atom stereocenters. The number of nitrogens with zero attached hydrogens (tertiary/aromatic N) is 2. The summed E-state index contributed by atoms with van der Waals surface area (Å²) in [6, 6.07) is 5.56. The van der Waals surface area contributed by atoms with Gasteiger partial charge >= 0.3 is 0 Å². The molecule has 7 heteroatoms. The first-order valence-corrected chi connectivity index (χ1v) is 11.5. The molecule has 1 aromatic rings. The predicted molar refractivity (Wildman–Crippen MR) is 111 cm³/mol. The molecule has 1 unspecified atom stereocenters. The molecule has 2 bridgehead atoms. The van der Waals surface area contributed by atoms with Crippen molar-refractivity contribution in [1.29, 1.82) is 0 Å². The summed E-state index contributed by atoms with van der Waals surface area (Å²) in [6.07, 6.45) is 5.13. The molecule has 3 aliphatic heterocycles. The van der Waals surface area contributed by atoms with E-state index in [4.69, 9.17) is 0 Å². The number of amides is 3. The quantitative estimate of drug-likeness (QED) is 0.753. The predicted octanol–water partition coefficient (Wildman–Crippen LogP) is 2.52. The SMILES string of the molecule is O=C1CCC(N2Cc3cc(C4CCN(CC56CC(F)(C5)C6)CC4)ccc3C2=O)C(=O)N1. The normalized spacial score (nSPS) is 35.5. The number of imide groups is 1. The van der Waals surface area contributed by atoms with Crippen LogP contribution in [0.3, 0.4) is 0 Å². The molecule has 0 aromatic heterocycles. The van der Waals surface area contributed by atoms with Crippen molar-refractivity contribution in [3.05, 3.63) is 34.9 Å². The highest BCUT2D eigenvalue weighted by Crippen LogP contribution is 2.69. The van der Waals surface area contributed by atoms with Crippen molar-refractivity contribution in [1.82, 2.24) is 15.1 Å². The Hall–Kier alpha value is -2.28. The first-order valence-electron chi connectivity index (χ1n) is 11.5. The van der Waals surface area contributed by atoms with Crippen LogP contribution in [0.25, 0.3) is 0 Å². The lowest BCUT2D eigenvalue weighted by molar-refractivity contribution is -0.222. The Morgan fingerprint density at radius 3 is 2.48 bits per heavy atom. The summed E-state index contributed by atoms with van der Waals surface area (Å²) < 4.78 is 13.8. The number of likely N-dealkylation sites (tertiary alicyclic amines) is 1. The van der Waals surface area contributed by atoms with Crippen LogP contribution in [-0.4, -0.2) is 58.9 Å². The van der Waals surface area contributed by atoms with E-state index in [0.29, 0.717) is 24.4 Å². The second kappa shape index (κ2) is 6.61. The molecule has 7 rings (SSSR count). The highest BCUT2D eigenvalue weighted by Gasteiger charge is 2.69. The van der Waals surface area contributed by atoms with Crippen LogP contribution < -0.4 is 5.32 Å². The molecule has 6 nitrogen and oxygen atoms in total. The van der Waals surface area contributed by atoms with Gasteiger partial charge in [0.15, 0.2) is 0 Å². The average Bonchev–Trinajstić information content (AvgIpc) is 3.02. The van der Waals surface area contributed by atoms with E-state index >= 15 is 0 Å². The summed E-state index contributed by atoms with van der Waals surface area (Å²) in [4.78, 5) is 40.7. The minimum Gasteiger partial charge on any atom is -0.322 e. The zero-order chi connectivity index (χ0) is 21.4. The fourth-order valence-corrected chi connectivity index (χ4v) is 6.78.